The van der Waals surface area contributed by atoms with Gasteiger partial charge in [-0.05, 0) is 25.0 Å². The first-order valence-electron chi connectivity index (χ1n) is 11.3. The standard InChI is InChI=1S/C27H26N6O/c1-18-17-33-23-15-9-8-14-21(23)24(20-12-6-3-7-13-20)29-25(26(33)32-31-18)30-27(34)22(28)16-19-10-4-2-5-11-19/h2-15,22,25H,16-17,28H2,1H3,(H,30,34)/t22-,25+/m0/s1. The van der Waals surface area contributed by atoms with Crippen molar-refractivity contribution >= 4 is 28.9 Å². The summed E-state index contributed by atoms with van der Waals surface area (Å²) in [5, 5.41) is 11.8. The Morgan fingerprint density at radius 1 is 1.00 bits per heavy atom. The topological polar surface area (TPSA) is 95.4 Å². The first-order chi connectivity index (χ1) is 16.6. The van der Waals surface area contributed by atoms with Crippen LogP contribution in [-0.2, 0) is 11.2 Å². The van der Waals surface area contributed by atoms with E-state index in [4.69, 9.17) is 10.7 Å². The van der Waals surface area contributed by atoms with Crippen LogP contribution in [0.15, 0.2) is 100 Å². The number of amides is 1. The predicted molar refractivity (Wildman–Crippen MR) is 136 cm³/mol. The Bertz CT molecular complexity index is 1280. The van der Waals surface area contributed by atoms with Crippen LogP contribution in [0.25, 0.3) is 0 Å². The van der Waals surface area contributed by atoms with Crippen molar-refractivity contribution in [2.45, 2.75) is 25.6 Å². The van der Waals surface area contributed by atoms with Crippen molar-refractivity contribution in [2.75, 3.05) is 11.4 Å². The highest BCUT2D eigenvalue weighted by molar-refractivity contribution is 6.22. The summed E-state index contributed by atoms with van der Waals surface area (Å²) in [5.74, 6) is 0.286. The Morgan fingerprint density at radius 2 is 1.68 bits per heavy atom. The molecule has 0 radical (unpaired) electrons. The summed E-state index contributed by atoms with van der Waals surface area (Å²) in [6, 6.07) is 27.1. The molecule has 0 aliphatic carbocycles. The smallest absolute Gasteiger partial charge is 0.239 e. The van der Waals surface area contributed by atoms with Crippen LogP contribution in [0.2, 0.25) is 0 Å². The van der Waals surface area contributed by atoms with Crippen molar-refractivity contribution in [3.8, 4) is 0 Å². The summed E-state index contributed by atoms with van der Waals surface area (Å²) >= 11 is 0. The van der Waals surface area contributed by atoms with Crippen LogP contribution in [0.5, 0.6) is 0 Å². The molecule has 34 heavy (non-hydrogen) atoms. The van der Waals surface area contributed by atoms with Gasteiger partial charge in [0.05, 0.1) is 29.7 Å². The third kappa shape index (κ3) is 4.38. The van der Waals surface area contributed by atoms with Gasteiger partial charge in [0.2, 0.25) is 5.91 Å². The van der Waals surface area contributed by atoms with Gasteiger partial charge in [0.25, 0.3) is 0 Å². The molecular weight excluding hydrogens is 424 g/mol. The molecule has 2 aliphatic heterocycles. The van der Waals surface area contributed by atoms with Gasteiger partial charge < -0.3 is 16.0 Å². The second kappa shape index (κ2) is 9.41. The summed E-state index contributed by atoms with van der Waals surface area (Å²) in [5.41, 5.74) is 11.9. The maximum Gasteiger partial charge on any atom is 0.239 e. The maximum absolute atomic E-state index is 13.2. The highest BCUT2D eigenvalue weighted by Crippen LogP contribution is 2.29. The van der Waals surface area contributed by atoms with Gasteiger partial charge in [-0.25, -0.2) is 0 Å². The highest BCUT2D eigenvalue weighted by atomic mass is 16.2. The fraction of sp³-hybridized carbons (Fsp3) is 0.185. The molecule has 7 heteroatoms. The van der Waals surface area contributed by atoms with Crippen LogP contribution in [0.4, 0.5) is 5.69 Å². The first-order valence-corrected chi connectivity index (χ1v) is 11.3. The van der Waals surface area contributed by atoms with Gasteiger partial charge >= 0.3 is 0 Å². The minimum atomic E-state index is -0.728. The Balaban J connectivity index is 1.54. The summed E-state index contributed by atoms with van der Waals surface area (Å²) in [6.45, 7) is 2.51. The second-order valence-electron chi connectivity index (χ2n) is 8.45. The van der Waals surface area contributed by atoms with Crippen molar-refractivity contribution in [1.82, 2.24) is 5.32 Å². The van der Waals surface area contributed by atoms with Crippen LogP contribution in [-0.4, -0.2) is 41.9 Å². The van der Waals surface area contributed by atoms with E-state index in [2.05, 4.69) is 20.4 Å². The number of nitrogens with two attached hydrogens (primary N) is 1. The monoisotopic (exact) mass is 450 g/mol. The van der Waals surface area contributed by atoms with E-state index in [0.717, 1.165) is 33.8 Å². The first kappa shape index (κ1) is 21.7. The molecule has 2 atom stereocenters. The van der Waals surface area contributed by atoms with E-state index >= 15 is 0 Å². The second-order valence-corrected chi connectivity index (χ2v) is 8.45. The lowest BCUT2D eigenvalue weighted by Gasteiger charge is -2.30. The van der Waals surface area contributed by atoms with E-state index in [0.29, 0.717) is 18.8 Å². The molecule has 0 unspecified atom stereocenters. The number of anilines is 1. The molecule has 5 rings (SSSR count). The number of para-hydroxylation sites is 1. The molecule has 3 aromatic carbocycles. The lowest BCUT2D eigenvalue weighted by atomic mass is 10.00. The Labute approximate surface area is 198 Å². The number of aliphatic imine (C=N–C) groups is 1. The number of carbonyl (C=O) groups is 1. The van der Waals surface area contributed by atoms with Gasteiger partial charge in [0.15, 0.2) is 12.0 Å². The number of nitrogens with one attached hydrogen (secondary N) is 1. The zero-order valence-corrected chi connectivity index (χ0v) is 18.9. The molecule has 170 valence electrons. The van der Waals surface area contributed by atoms with Crippen LogP contribution in [0.3, 0.4) is 0 Å². The normalized spacial score (nSPS) is 17.9. The third-order valence-corrected chi connectivity index (χ3v) is 5.90. The number of carbonyl (C=O) groups excluding carboxylic acids is 1. The van der Waals surface area contributed by atoms with E-state index in [1.54, 1.807) is 0 Å². The Hall–Kier alpha value is -4.10. The summed E-state index contributed by atoms with van der Waals surface area (Å²) in [6.07, 6.45) is -0.295. The zero-order valence-electron chi connectivity index (χ0n) is 18.9. The van der Waals surface area contributed by atoms with Crippen molar-refractivity contribution in [1.29, 1.82) is 0 Å². The largest absolute Gasteiger partial charge is 0.327 e. The van der Waals surface area contributed by atoms with Crippen LogP contribution < -0.4 is 16.0 Å². The van der Waals surface area contributed by atoms with Crippen LogP contribution in [0, 0.1) is 0 Å². The summed E-state index contributed by atoms with van der Waals surface area (Å²) < 4.78 is 0. The molecule has 0 spiro atoms. The molecule has 2 aliphatic rings. The predicted octanol–water partition coefficient (Wildman–Crippen LogP) is 3.14. The minimum Gasteiger partial charge on any atom is -0.327 e. The molecule has 0 saturated carbocycles. The molecule has 3 aromatic rings. The number of hydrogen-bond donors (Lipinski definition) is 2. The van der Waals surface area contributed by atoms with E-state index in [1.165, 1.54) is 0 Å². The molecule has 3 N–H and O–H groups in total. The molecular formula is C27H26N6O. The van der Waals surface area contributed by atoms with Crippen LogP contribution in [0.1, 0.15) is 23.6 Å². The van der Waals surface area contributed by atoms with Crippen molar-refractivity contribution in [3.05, 3.63) is 102 Å². The van der Waals surface area contributed by atoms with Gasteiger partial charge in [-0.15, -0.1) is 5.10 Å². The van der Waals surface area contributed by atoms with E-state index in [-0.39, 0.29) is 5.91 Å². The van der Waals surface area contributed by atoms with E-state index in [1.807, 2.05) is 91.9 Å². The molecule has 0 saturated heterocycles. The van der Waals surface area contributed by atoms with Gasteiger partial charge in [0.1, 0.15) is 0 Å². The Morgan fingerprint density at radius 3 is 2.44 bits per heavy atom. The molecule has 1 amide bonds. The number of fused-ring (bicyclic) bond motifs is 3. The molecule has 2 heterocycles. The lowest BCUT2D eigenvalue weighted by Crippen LogP contribution is -2.53. The molecule has 0 bridgehead atoms. The van der Waals surface area contributed by atoms with E-state index in [9.17, 15) is 4.79 Å². The zero-order chi connectivity index (χ0) is 23.5. The summed E-state index contributed by atoms with van der Waals surface area (Å²) in [7, 11) is 0. The molecule has 7 nitrogen and oxygen atoms in total. The number of benzene rings is 3. The van der Waals surface area contributed by atoms with Crippen molar-refractivity contribution < 1.29 is 4.79 Å². The average molecular weight is 451 g/mol. The van der Waals surface area contributed by atoms with Crippen LogP contribution >= 0.6 is 0 Å². The third-order valence-electron chi connectivity index (χ3n) is 5.90. The van der Waals surface area contributed by atoms with Gasteiger partial charge in [-0.3, -0.25) is 9.79 Å². The molecule has 0 aromatic heterocycles. The lowest BCUT2D eigenvalue weighted by molar-refractivity contribution is -0.122. The summed E-state index contributed by atoms with van der Waals surface area (Å²) in [4.78, 5) is 20.3. The number of rotatable bonds is 5. The quantitative estimate of drug-likeness (QED) is 0.625. The Kier molecular flexibility index (Phi) is 6.01. The molecule has 0 fully saturated rings. The van der Waals surface area contributed by atoms with Gasteiger partial charge in [-0.2, -0.15) is 5.10 Å². The highest BCUT2D eigenvalue weighted by Gasteiger charge is 2.34. The maximum atomic E-state index is 13.2. The van der Waals surface area contributed by atoms with Crippen molar-refractivity contribution in [3.63, 3.8) is 0 Å². The number of hydrogen-bond acceptors (Lipinski definition) is 6. The number of amidine groups is 1. The minimum absolute atomic E-state index is 0.287. The average Bonchev–Trinajstić information content (AvgIpc) is 3.00. The fourth-order valence-electron chi connectivity index (χ4n) is 4.23. The number of nitrogens with zero attached hydrogens (tertiary/aromatic N) is 4. The van der Waals surface area contributed by atoms with Gasteiger partial charge in [-0.1, -0.05) is 78.9 Å². The van der Waals surface area contributed by atoms with E-state index < -0.39 is 12.2 Å². The van der Waals surface area contributed by atoms with Gasteiger partial charge in [0, 0.05) is 11.1 Å². The fourth-order valence-corrected chi connectivity index (χ4v) is 4.23. The SMILES string of the molecule is CC1=NN=C2[C@@H](NC(=O)[C@@H](N)Cc3ccccc3)N=C(c3ccccc3)c3ccccc3N2C1. The van der Waals surface area contributed by atoms with Crippen molar-refractivity contribution in [2.24, 2.45) is 20.9 Å².